The summed E-state index contributed by atoms with van der Waals surface area (Å²) < 4.78 is 0. The van der Waals surface area contributed by atoms with E-state index >= 15 is 0 Å². The number of nitrogens with one attached hydrogen (secondary N) is 2. The largest absolute Gasteiger partial charge is 0.360 e. The fourth-order valence-electron chi connectivity index (χ4n) is 2.64. The van der Waals surface area contributed by atoms with E-state index in [0.717, 1.165) is 22.2 Å². The van der Waals surface area contributed by atoms with Crippen LogP contribution in [0, 0.1) is 10.1 Å². The van der Waals surface area contributed by atoms with E-state index in [4.69, 9.17) is 0 Å². The van der Waals surface area contributed by atoms with Gasteiger partial charge in [-0.05, 0) is 18.2 Å². The SMILES string of the molecule is O=C(Nc1nc(-c2c[nH]c3ccccc23)cs1)c1ccc([N+](=O)[O-])cc1. The van der Waals surface area contributed by atoms with Crippen LogP contribution in [-0.4, -0.2) is 20.8 Å². The molecule has 4 aromatic rings. The summed E-state index contributed by atoms with van der Waals surface area (Å²) in [5.41, 5.74) is 3.03. The number of hydrogen-bond acceptors (Lipinski definition) is 5. The Labute approximate surface area is 151 Å². The number of aromatic amines is 1. The molecule has 0 radical (unpaired) electrons. The van der Waals surface area contributed by atoms with E-state index in [1.54, 1.807) is 0 Å². The van der Waals surface area contributed by atoms with Crippen LogP contribution < -0.4 is 5.32 Å². The van der Waals surface area contributed by atoms with Gasteiger partial charge in [-0.2, -0.15) is 0 Å². The molecule has 0 saturated carbocycles. The molecule has 0 spiro atoms. The van der Waals surface area contributed by atoms with Gasteiger partial charge in [0.25, 0.3) is 11.6 Å². The van der Waals surface area contributed by atoms with Crippen LogP contribution >= 0.6 is 11.3 Å². The van der Waals surface area contributed by atoms with E-state index in [1.807, 2.05) is 35.8 Å². The zero-order valence-electron chi connectivity index (χ0n) is 13.3. The standard InChI is InChI=1S/C18H12N4O3S/c23-17(11-5-7-12(8-6-11)22(24)25)21-18-20-16(10-26-18)14-9-19-15-4-2-1-3-13(14)15/h1-10,19H,(H,20,21,23). The van der Waals surface area contributed by atoms with Gasteiger partial charge in [-0.1, -0.05) is 18.2 Å². The minimum absolute atomic E-state index is 0.0579. The summed E-state index contributed by atoms with van der Waals surface area (Å²) in [5, 5.41) is 16.8. The number of amides is 1. The predicted octanol–water partition coefficient (Wildman–Crippen LogP) is 4.45. The van der Waals surface area contributed by atoms with Gasteiger partial charge in [0.1, 0.15) is 0 Å². The van der Waals surface area contributed by atoms with E-state index < -0.39 is 4.92 Å². The first-order valence-electron chi connectivity index (χ1n) is 7.69. The maximum Gasteiger partial charge on any atom is 0.269 e. The lowest BCUT2D eigenvalue weighted by Gasteiger charge is -2.01. The lowest BCUT2D eigenvalue weighted by Crippen LogP contribution is -2.11. The highest BCUT2D eigenvalue weighted by atomic mass is 32.1. The second-order valence-corrected chi connectivity index (χ2v) is 6.40. The monoisotopic (exact) mass is 364 g/mol. The van der Waals surface area contributed by atoms with Gasteiger partial charge >= 0.3 is 0 Å². The molecule has 0 aliphatic heterocycles. The van der Waals surface area contributed by atoms with Crippen LogP contribution in [0.15, 0.2) is 60.1 Å². The van der Waals surface area contributed by atoms with Crippen molar-refractivity contribution in [3.05, 3.63) is 75.8 Å². The Hall–Kier alpha value is -3.52. The van der Waals surface area contributed by atoms with Crippen molar-refractivity contribution < 1.29 is 9.72 Å². The summed E-state index contributed by atoms with van der Waals surface area (Å²) in [4.78, 5) is 30.1. The molecule has 128 valence electrons. The first-order chi connectivity index (χ1) is 12.6. The maximum atomic E-state index is 12.3. The Morgan fingerprint density at radius 2 is 1.92 bits per heavy atom. The molecule has 0 aliphatic carbocycles. The van der Waals surface area contributed by atoms with Gasteiger partial charge in [0.05, 0.1) is 10.6 Å². The number of H-pyrrole nitrogens is 1. The third-order valence-electron chi connectivity index (χ3n) is 3.93. The average Bonchev–Trinajstić information content (AvgIpc) is 3.28. The highest BCUT2D eigenvalue weighted by Crippen LogP contribution is 2.31. The number of carbonyl (C=O) groups excluding carboxylic acids is 1. The minimum Gasteiger partial charge on any atom is -0.360 e. The Morgan fingerprint density at radius 3 is 2.69 bits per heavy atom. The molecule has 4 rings (SSSR count). The Balaban J connectivity index is 1.55. The summed E-state index contributed by atoms with van der Waals surface area (Å²) in [6, 6.07) is 13.4. The highest BCUT2D eigenvalue weighted by Gasteiger charge is 2.13. The maximum absolute atomic E-state index is 12.3. The second kappa shape index (κ2) is 6.41. The Bertz CT molecular complexity index is 1110. The van der Waals surface area contributed by atoms with Crippen molar-refractivity contribution in [1.29, 1.82) is 0 Å². The van der Waals surface area contributed by atoms with Gasteiger partial charge in [0.15, 0.2) is 5.13 Å². The third kappa shape index (κ3) is 2.93. The molecule has 2 aromatic carbocycles. The molecule has 2 N–H and O–H groups in total. The molecule has 8 heteroatoms. The minimum atomic E-state index is -0.504. The van der Waals surface area contributed by atoms with E-state index in [-0.39, 0.29) is 11.6 Å². The van der Waals surface area contributed by atoms with Crippen molar-refractivity contribution in [3.63, 3.8) is 0 Å². The van der Waals surface area contributed by atoms with Gasteiger partial charge in [-0.15, -0.1) is 11.3 Å². The van der Waals surface area contributed by atoms with Crippen LogP contribution in [-0.2, 0) is 0 Å². The number of nitro benzene ring substituents is 1. The molecule has 26 heavy (non-hydrogen) atoms. The van der Waals surface area contributed by atoms with Crippen molar-refractivity contribution in [2.45, 2.75) is 0 Å². The number of nitrogens with zero attached hydrogens (tertiary/aromatic N) is 2. The van der Waals surface area contributed by atoms with Crippen LogP contribution in [0.1, 0.15) is 10.4 Å². The first-order valence-corrected chi connectivity index (χ1v) is 8.57. The fraction of sp³-hybridized carbons (Fsp3) is 0. The van der Waals surface area contributed by atoms with Crippen LogP contribution in [0.25, 0.3) is 22.2 Å². The van der Waals surface area contributed by atoms with E-state index in [0.29, 0.717) is 10.7 Å². The molecule has 2 aromatic heterocycles. The first kappa shape index (κ1) is 16.0. The molecule has 7 nitrogen and oxygen atoms in total. The van der Waals surface area contributed by atoms with Gasteiger partial charge in [-0.25, -0.2) is 4.98 Å². The Kier molecular flexibility index (Phi) is 3.94. The number of nitro groups is 1. The number of fused-ring (bicyclic) bond motifs is 1. The number of benzene rings is 2. The normalized spacial score (nSPS) is 10.8. The average molecular weight is 364 g/mol. The zero-order chi connectivity index (χ0) is 18.1. The molecule has 0 unspecified atom stereocenters. The molecule has 0 aliphatic rings. The summed E-state index contributed by atoms with van der Waals surface area (Å²) in [6.45, 7) is 0. The molecule has 0 saturated heterocycles. The van der Waals surface area contributed by atoms with Crippen molar-refractivity contribution in [3.8, 4) is 11.3 Å². The smallest absolute Gasteiger partial charge is 0.269 e. The molecule has 1 amide bonds. The van der Waals surface area contributed by atoms with Crippen LogP contribution in [0.5, 0.6) is 0 Å². The number of non-ortho nitro benzene ring substituents is 1. The number of aromatic nitrogens is 2. The van der Waals surface area contributed by atoms with E-state index in [1.165, 1.54) is 35.6 Å². The fourth-order valence-corrected chi connectivity index (χ4v) is 3.35. The lowest BCUT2D eigenvalue weighted by molar-refractivity contribution is -0.384. The summed E-state index contributed by atoms with van der Waals surface area (Å²) >= 11 is 1.32. The Morgan fingerprint density at radius 1 is 1.15 bits per heavy atom. The summed E-state index contributed by atoms with van der Waals surface area (Å²) in [7, 11) is 0. The number of rotatable bonds is 4. The van der Waals surface area contributed by atoms with Gasteiger partial charge in [0, 0.05) is 45.7 Å². The number of anilines is 1. The summed E-state index contributed by atoms with van der Waals surface area (Å²) in [6.07, 6.45) is 1.89. The zero-order valence-corrected chi connectivity index (χ0v) is 14.1. The van der Waals surface area contributed by atoms with Crippen molar-refractivity contribution in [2.75, 3.05) is 5.32 Å². The number of carbonyl (C=O) groups is 1. The summed E-state index contributed by atoms with van der Waals surface area (Å²) in [5.74, 6) is -0.361. The van der Waals surface area contributed by atoms with Crippen LogP contribution in [0.4, 0.5) is 10.8 Å². The number of thiazole rings is 1. The van der Waals surface area contributed by atoms with Gasteiger partial charge < -0.3 is 4.98 Å². The van der Waals surface area contributed by atoms with Crippen molar-refractivity contribution in [1.82, 2.24) is 9.97 Å². The van der Waals surface area contributed by atoms with Gasteiger partial charge in [-0.3, -0.25) is 20.2 Å². The van der Waals surface area contributed by atoms with Crippen LogP contribution in [0.3, 0.4) is 0 Å². The number of para-hydroxylation sites is 1. The molecular formula is C18H12N4O3S. The predicted molar refractivity (Wildman–Crippen MR) is 100 cm³/mol. The van der Waals surface area contributed by atoms with Crippen molar-refractivity contribution >= 4 is 39.0 Å². The van der Waals surface area contributed by atoms with Crippen molar-refractivity contribution in [2.24, 2.45) is 0 Å². The third-order valence-corrected chi connectivity index (χ3v) is 4.69. The highest BCUT2D eigenvalue weighted by molar-refractivity contribution is 7.14. The molecule has 0 fully saturated rings. The molecule has 0 bridgehead atoms. The van der Waals surface area contributed by atoms with E-state index in [2.05, 4.69) is 15.3 Å². The van der Waals surface area contributed by atoms with Gasteiger partial charge in [0.2, 0.25) is 0 Å². The van der Waals surface area contributed by atoms with Crippen LogP contribution in [0.2, 0.25) is 0 Å². The molecule has 0 atom stereocenters. The lowest BCUT2D eigenvalue weighted by atomic mass is 10.1. The topological polar surface area (TPSA) is 101 Å². The number of hydrogen-bond donors (Lipinski definition) is 2. The molecule has 2 heterocycles. The quantitative estimate of drug-likeness (QED) is 0.412. The van der Waals surface area contributed by atoms with E-state index in [9.17, 15) is 14.9 Å². The second-order valence-electron chi connectivity index (χ2n) is 5.54. The molecular weight excluding hydrogens is 352 g/mol.